The van der Waals surface area contributed by atoms with Crippen molar-refractivity contribution in [3.8, 4) is 11.1 Å². The van der Waals surface area contributed by atoms with Gasteiger partial charge in [0.25, 0.3) is 6.02 Å². The molecule has 0 bridgehead atoms. The number of nitrogens with zero attached hydrogens (tertiary/aromatic N) is 2. The van der Waals surface area contributed by atoms with Gasteiger partial charge < -0.3 is 15.2 Å². The van der Waals surface area contributed by atoms with E-state index in [1.54, 1.807) is 13.3 Å². The number of ether oxygens (including phenoxy) is 2. The van der Waals surface area contributed by atoms with Crippen molar-refractivity contribution in [3.63, 3.8) is 0 Å². The van der Waals surface area contributed by atoms with E-state index >= 15 is 0 Å². The first-order chi connectivity index (χ1) is 14.3. The van der Waals surface area contributed by atoms with Gasteiger partial charge >= 0.3 is 0 Å². The van der Waals surface area contributed by atoms with Gasteiger partial charge in [0, 0.05) is 24.9 Å². The molecular weight excluding hydrogens is 350 g/mol. The highest BCUT2D eigenvalue weighted by Crippen LogP contribution is 2.62. The Balaban J connectivity index is 1.70. The Morgan fingerprint density at radius 1 is 1.32 bits per heavy atom. The maximum absolute atomic E-state index is 8.90. The number of fused-ring (bicyclic) bond motifs is 3. The zero-order valence-electron chi connectivity index (χ0n) is 18.3. The van der Waals surface area contributed by atoms with Crippen molar-refractivity contribution in [2.75, 3.05) is 13.7 Å². The molecule has 2 N–H and O–H groups in total. The first-order valence-electron chi connectivity index (χ1n) is 10.9. The van der Waals surface area contributed by atoms with Gasteiger partial charge in [-0.05, 0) is 66.0 Å². The molecule has 0 unspecified atom stereocenters. The maximum atomic E-state index is 8.90. The molecule has 2 heterocycles. The second-order valence-corrected chi connectivity index (χ2v) is 8.43. The van der Waals surface area contributed by atoms with Gasteiger partial charge in [0.2, 0.25) is 0 Å². The molecule has 5 nitrogen and oxygen atoms in total. The molecule has 2 spiro atoms. The lowest BCUT2D eigenvalue weighted by Crippen LogP contribution is -2.48. The van der Waals surface area contributed by atoms with E-state index in [-0.39, 0.29) is 12.1 Å². The number of aromatic nitrogens is 1. The molecule has 1 aromatic carbocycles. The number of amidine groups is 1. The summed E-state index contributed by atoms with van der Waals surface area (Å²) in [6, 6.07) is 10.1. The van der Waals surface area contributed by atoms with Crippen molar-refractivity contribution in [2.24, 2.45) is 22.1 Å². The number of hydrogen-bond acceptors (Lipinski definition) is 5. The number of rotatable bonds is 2. The van der Waals surface area contributed by atoms with Gasteiger partial charge in [0.1, 0.15) is 12.1 Å². The van der Waals surface area contributed by atoms with Crippen molar-refractivity contribution in [3.05, 3.63) is 53.9 Å². The molecule has 28 heavy (non-hydrogen) atoms. The topological polar surface area (TPSA) is 69.7 Å². The molecule has 0 radical (unpaired) electrons. The van der Waals surface area contributed by atoms with E-state index in [4.69, 9.17) is 22.9 Å². The third-order valence-corrected chi connectivity index (χ3v) is 6.93. The van der Waals surface area contributed by atoms with Gasteiger partial charge in [-0.1, -0.05) is 25.1 Å². The molecule has 1 aromatic heterocycles. The summed E-state index contributed by atoms with van der Waals surface area (Å²) in [6.45, 7) is 0.167. The first kappa shape index (κ1) is 15.5. The monoisotopic (exact) mass is 379 g/mol. The van der Waals surface area contributed by atoms with Crippen molar-refractivity contribution in [2.45, 2.75) is 44.2 Å². The number of methoxy groups -OCH3 is 1. The average Bonchev–Trinajstić information content (AvgIpc) is 3.13. The SMILES string of the molecule is [2H]C1([2H])OC(N)=N[C@@]12c1cc(-c3cccnc3)ccc1C[C@@]21CC[C@H](OC)[C@@H](C)C1. The highest BCUT2D eigenvalue weighted by Gasteiger charge is 2.62. The Morgan fingerprint density at radius 3 is 2.89 bits per heavy atom. The summed E-state index contributed by atoms with van der Waals surface area (Å²) in [5, 5.41) is 0. The minimum absolute atomic E-state index is 0.0690. The number of nitrogens with two attached hydrogens (primary N) is 1. The molecule has 1 fully saturated rings. The molecular formula is C23H27N3O2. The molecule has 3 aliphatic rings. The van der Waals surface area contributed by atoms with Crippen LogP contribution in [0.4, 0.5) is 0 Å². The Labute approximate surface area is 168 Å². The predicted octanol–water partition coefficient (Wildman–Crippen LogP) is 3.67. The molecule has 4 atom stereocenters. The highest BCUT2D eigenvalue weighted by atomic mass is 16.5. The number of pyridine rings is 1. The van der Waals surface area contributed by atoms with Gasteiger partial charge in [-0.2, -0.15) is 0 Å². The highest BCUT2D eigenvalue weighted by molar-refractivity contribution is 5.76. The van der Waals surface area contributed by atoms with E-state index in [9.17, 15) is 0 Å². The Hall–Kier alpha value is -2.40. The van der Waals surface area contributed by atoms with Gasteiger partial charge in [-0.3, -0.25) is 4.98 Å². The van der Waals surface area contributed by atoms with Crippen LogP contribution in [0, 0.1) is 11.3 Å². The van der Waals surface area contributed by atoms with E-state index < -0.39 is 17.5 Å². The van der Waals surface area contributed by atoms with Gasteiger partial charge in [-0.25, -0.2) is 4.99 Å². The number of hydrogen-bond donors (Lipinski definition) is 1. The van der Waals surface area contributed by atoms with E-state index in [0.29, 0.717) is 5.92 Å². The number of aliphatic imine (C=N–C) groups is 1. The zero-order chi connectivity index (χ0) is 21.1. The van der Waals surface area contributed by atoms with E-state index in [1.165, 1.54) is 0 Å². The second kappa shape index (κ2) is 6.31. The van der Waals surface area contributed by atoms with Gasteiger partial charge in [-0.15, -0.1) is 0 Å². The van der Waals surface area contributed by atoms with Crippen molar-refractivity contribution >= 4 is 6.02 Å². The lowest BCUT2D eigenvalue weighted by Gasteiger charge is -2.47. The molecule has 0 saturated heterocycles. The smallest absolute Gasteiger partial charge is 0.283 e. The van der Waals surface area contributed by atoms with Crippen LogP contribution in [-0.4, -0.2) is 30.8 Å². The quantitative estimate of drug-likeness (QED) is 0.864. The van der Waals surface area contributed by atoms with Crippen LogP contribution in [0.2, 0.25) is 0 Å². The molecule has 1 aliphatic heterocycles. The fourth-order valence-corrected chi connectivity index (χ4v) is 5.63. The molecule has 146 valence electrons. The molecule has 1 saturated carbocycles. The third-order valence-electron chi connectivity index (χ3n) is 6.93. The van der Waals surface area contributed by atoms with Gasteiger partial charge in [0.05, 0.1) is 8.85 Å². The standard InChI is InChI=1S/C23H27N3O2/c1-15-11-22(8-7-20(15)27-2)12-17-6-5-16(18-4-3-9-25-13-18)10-19(17)23(22)14-28-21(24)26-23/h3-6,9-10,13,15,20H,7-8,11-12,14H2,1-2H3,(H2,24,26)/t15-,20-,22-,23+/m0/s1/i14D2. The summed E-state index contributed by atoms with van der Waals surface area (Å²) in [4.78, 5) is 8.99. The van der Waals surface area contributed by atoms with E-state index in [0.717, 1.165) is 47.9 Å². The summed E-state index contributed by atoms with van der Waals surface area (Å²) in [6.07, 6.45) is 7.00. The second-order valence-electron chi connectivity index (χ2n) is 8.43. The number of benzene rings is 1. The average molecular weight is 380 g/mol. The molecule has 2 aromatic rings. The zero-order valence-corrected chi connectivity index (χ0v) is 16.3. The van der Waals surface area contributed by atoms with Crippen LogP contribution in [0.15, 0.2) is 47.7 Å². The summed E-state index contributed by atoms with van der Waals surface area (Å²) >= 11 is 0. The summed E-state index contributed by atoms with van der Waals surface area (Å²) in [7, 11) is 1.76. The first-order valence-corrected chi connectivity index (χ1v) is 9.93. The van der Waals surface area contributed by atoms with E-state index in [2.05, 4.69) is 30.1 Å². The van der Waals surface area contributed by atoms with Crippen LogP contribution < -0.4 is 5.73 Å². The molecule has 2 aliphatic carbocycles. The summed E-state index contributed by atoms with van der Waals surface area (Å²) in [5.74, 6) is 0.292. The van der Waals surface area contributed by atoms with Crippen molar-refractivity contribution in [1.29, 1.82) is 0 Å². The summed E-state index contributed by atoms with van der Waals surface area (Å²) in [5.41, 5.74) is 8.43. The predicted molar refractivity (Wildman–Crippen MR) is 109 cm³/mol. The van der Waals surface area contributed by atoms with E-state index in [1.807, 2.05) is 18.3 Å². The Kier molecular flexibility index (Phi) is 3.50. The lowest BCUT2D eigenvalue weighted by atomic mass is 9.59. The van der Waals surface area contributed by atoms with Crippen LogP contribution in [0.3, 0.4) is 0 Å². The molecule has 0 amide bonds. The Morgan fingerprint density at radius 2 is 2.21 bits per heavy atom. The van der Waals surface area contributed by atoms with Gasteiger partial charge in [0.15, 0.2) is 0 Å². The minimum atomic E-state index is -2.02. The lowest BCUT2D eigenvalue weighted by molar-refractivity contribution is -0.0445. The third kappa shape index (κ3) is 2.42. The van der Waals surface area contributed by atoms with Crippen LogP contribution in [0.1, 0.15) is 40.1 Å². The summed E-state index contributed by atoms with van der Waals surface area (Å²) < 4.78 is 29.0. The fourth-order valence-electron chi connectivity index (χ4n) is 5.63. The normalized spacial score (nSPS) is 36.6. The van der Waals surface area contributed by atoms with Crippen LogP contribution in [-0.2, 0) is 21.4 Å². The van der Waals surface area contributed by atoms with Crippen LogP contribution in [0.25, 0.3) is 11.1 Å². The molecule has 5 rings (SSSR count). The Bertz CT molecular complexity index is 1010. The minimum Gasteiger partial charge on any atom is -0.462 e. The van der Waals surface area contributed by atoms with Crippen LogP contribution >= 0.6 is 0 Å². The van der Waals surface area contributed by atoms with Crippen molar-refractivity contribution in [1.82, 2.24) is 4.98 Å². The molecule has 5 heteroatoms. The van der Waals surface area contributed by atoms with Crippen LogP contribution in [0.5, 0.6) is 0 Å². The largest absolute Gasteiger partial charge is 0.462 e. The fraction of sp³-hybridized carbons (Fsp3) is 0.478. The van der Waals surface area contributed by atoms with Crippen molar-refractivity contribution < 1.29 is 12.2 Å². The maximum Gasteiger partial charge on any atom is 0.283 e.